The van der Waals surface area contributed by atoms with Crippen LogP contribution in [0.1, 0.15) is 37.5 Å². The summed E-state index contributed by atoms with van der Waals surface area (Å²) >= 11 is 0. The van der Waals surface area contributed by atoms with Crippen LogP contribution in [0.3, 0.4) is 0 Å². The van der Waals surface area contributed by atoms with Crippen molar-refractivity contribution in [1.29, 1.82) is 0 Å². The number of nitrogens with zero attached hydrogens (tertiary/aromatic N) is 2. The number of methoxy groups -OCH3 is 1. The van der Waals surface area contributed by atoms with Crippen LogP contribution in [0.5, 0.6) is 0 Å². The average molecular weight is 281 g/mol. The first kappa shape index (κ1) is 15.0. The van der Waals surface area contributed by atoms with Crippen molar-refractivity contribution >= 4 is 5.91 Å². The molecule has 0 aliphatic heterocycles. The van der Waals surface area contributed by atoms with Crippen LogP contribution in [0.15, 0.2) is 12.4 Å². The average Bonchev–Trinajstić information content (AvgIpc) is 2.85. The van der Waals surface area contributed by atoms with Crippen LogP contribution in [0.25, 0.3) is 0 Å². The molecule has 1 fully saturated rings. The molecule has 0 bridgehead atoms. The number of aryl methyl sites for hydroxylation is 1. The van der Waals surface area contributed by atoms with E-state index in [0.717, 1.165) is 25.1 Å². The molecule has 1 saturated carbocycles. The molecule has 6 heteroatoms. The SMILES string of the molecule is COCCC(=O)N[C@@H]1CCC[C@@H](n2ccnc2C)[C@@H]1O. The van der Waals surface area contributed by atoms with Crippen LogP contribution in [-0.4, -0.2) is 46.4 Å². The highest BCUT2D eigenvalue weighted by molar-refractivity contribution is 5.76. The van der Waals surface area contributed by atoms with Crippen molar-refractivity contribution in [2.24, 2.45) is 0 Å². The molecule has 0 spiro atoms. The van der Waals surface area contributed by atoms with Gasteiger partial charge in [-0.15, -0.1) is 0 Å². The molecule has 3 atom stereocenters. The minimum Gasteiger partial charge on any atom is -0.389 e. The fourth-order valence-electron chi connectivity index (χ4n) is 2.83. The van der Waals surface area contributed by atoms with Crippen LogP contribution in [0.2, 0.25) is 0 Å². The number of ether oxygens (including phenoxy) is 1. The smallest absolute Gasteiger partial charge is 0.222 e. The first-order valence-electron chi connectivity index (χ1n) is 7.09. The normalized spacial score (nSPS) is 26.4. The molecule has 1 aromatic rings. The van der Waals surface area contributed by atoms with Gasteiger partial charge in [0.15, 0.2) is 0 Å². The zero-order chi connectivity index (χ0) is 14.5. The number of hydrogen-bond acceptors (Lipinski definition) is 4. The van der Waals surface area contributed by atoms with Crippen LogP contribution < -0.4 is 5.32 Å². The Morgan fingerprint density at radius 2 is 2.40 bits per heavy atom. The molecule has 0 saturated heterocycles. The Morgan fingerprint density at radius 1 is 1.60 bits per heavy atom. The predicted molar refractivity (Wildman–Crippen MR) is 74.3 cm³/mol. The van der Waals surface area contributed by atoms with Gasteiger partial charge in [-0.1, -0.05) is 0 Å². The van der Waals surface area contributed by atoms with Crippen LogP contribution >= 0.6 is 0 Å². The summed E-state index contributed by atoms with van der Waals surface area (Å²) in [5.41, 5.74) is 0. The Hall–Kier alpha value is -1.40. The van der Waals surface area contributed by atoms with E-state index in [1.807, 2.05) is 17.7 Å². The van der Waals surface area contributed by atoms with E-state index in [4.69, 9.17) is 4.74 Å². The van der Waals surface area contributed by atoms with Gasteiger partial charge in [0, 0.05) is 25.9 Å². The van der Waals surface area contributed by atoms with Gasteiger partial charge in [0.25, 0.3) is 0 Å². The summed E-state index contributed by atoms with van der Waals surface area (Å²) in [7, 11) is 1.57. The minimum atomic E-state index is -0.580. The van der Waals surface area contributed by atoms with Crippen molar-refractivity contribution in [3.05, 3.63) is 18.2 Å². The molecule has 6 nitrogen and oxygen atoms in total. The van der Waals surface area contributed by atoms with E-state index < -0.39 is 6.10 Å². The third kappa shape index (κ3) is 3.37. The summed E-state index contributed by atoms with van der Waals surface area (Å²) in [6.07, 6.45) is 6.07. The number of aromatic nitrogens is 2. The van der Waals surface area contributed by atoms with Crippen molar-refractivity contribution in [2.45, 2.75) is 50.8 Å². The summed E-state index contributed by atoms with van der Waals surface area (Å²) in [6.45, 7) is 2.33. The summed E-state index contributed by atoms with van der Waals surface area (Å²) in [5, 5.41) is 13.4. The molecule has 20 heavy (non-hydrogen) atoms. The minimum absolute atomic E-state index is 0.0148. The summed E-state index contributed by atoms with van der Waals surface area (Å²) in [4.78, 5) is 16.0. The lowest BCUT2D eigenvalue weighted by Gasteiger charge is -2.36. The first-order valence-corrected chi connectivity index (χ1v) is 7.09. The molecule has 0 unspecified atom stereocenters. The monoisotopic (exact) mass is 281 g/mol. The largest absolute Gasteiger partial charge is 0.389 e. The first-order chi connectivity index (χ1) is 9.63. The highest BCUT2D eigenvalue weighted by Crippen LogP contribution is 2.29. The number of hydrogen-bond donors (Lipinski definition) is 2. The number of aliphatic hydroxyl groups excluding tert-OH is 1. The molecule has 1 heterocycles. The zero-order valence-electron chi connectivity index (χ0n) is 12.1. The maximum absolute atomic E-state index is 11.8. The third-order valence-electron chi connectivity index (χ3n) is 3.92. The van der Waals surface area contributed by atoms with Gasteiger partial charge in [-0.3, -0.25) is 4.79 Å². The van der Waals surface area contributed by atoms with Gasteiger partial charge in [0.1, 0.15) is 5.82 Å². The van der Waals surface area contributed by atoms with Crippen LogP contribution in [-0.2, 0) is 9.53 Å². The number of nitrogens with one attached hydrogen (secondary N) is 1. The Labute approximate surface area is 119 Å². The Balaban J connectivity index is 1.98. The van der Waals surface area contributed by atoms with Gasteiger partial charge in [0.2, 0.25) is 5.91 Å². The number of carbonyl (C=O) groups is 1. The van der Waals surface area contributed by atoms with Crippen molar-refractivity contribution in [1.82, 2.24) is 14.9 Å². The fraction of sp³-hybridized carbons (Fsp3) is 0.714. The number of carbonyl (C=O) groups excluding carboxylic acids is 1. The fourth-order valence-corrected chi connectivity index (χ4v) is 2.83. The second-order valence-corrected chi connectivity index (χ2v) is 5.29. The van der Waals surface area contributed by atoms with E-state index in [9.17, 15) is 9.90 Å². The van der Waals surface area contributed by atoms with Gasteiger partial charge in [-0.05, 0) is 26.2 Å². The zero-order valence-corrected chi connectivity index (χ0v) is 12.1. The molecule has 1 aliphatic carbocycles. The quantitative estimate of drug-likeness (QED) is 0.837. The van der Waals surface area contributed by atoms with Gasteiger partial charge in [0.05, 0.1) is 24.8 Å². The summed E-state index contributed by atoms with van der Waals surface area (Å²) in [6, 6.07) is -0.209. The topological polar surface area (TPSA) is 76.4 Å². The standard InChI is InChI=1S/C14H23N3O3/c1-10-15-7-8-17(10)12-5-3-4-11(14(12)19)16-13(18)6-9-20-2/h7-8,11-12,14,19H,3-6,9H2,1-2H3,(H,16,18)/t11-,12-,14-/m1/s1. The number of imidazole rings is 1. The molecule has 1 amide bonds. The second kappa shape index (κ2) is 6.85. The van der Waals surface area contributed by atoms with Crippen molar-refractivity contribution in [3.63, 3.8) is 0 Å². The van der Waals surface area contributed by atoms with Crippen LogP contribution in [0.4, 0.5) is 0 Å². The maximum atomic E-state index is 11.8. The van der Waals surface area contributed by atoms with Gasteiger partial charge < -0.3 is 19.7 Å². The highest BCUT2D eigenvalue weighted by atomic mass is 16.5. The molecule has 0 radical (unpaired) electrons. The molecule has 2 N–H and O–H groups in total. The van der Waals surface area contributed by atoms with Crippen molar-refractivity contribution in [2.75, 3.05) is 13.7 Å². The van der Waals surface area contributed by atoms with Crippen molar-refractivity contribution < 1.29 is 14.6 Å². The van der Waals surface area contributed by atoms with E-state index >= 15 is 0 Å². The summed E-state index contributed by atoms with van der Waals surface area (Å²) in [5.74, 6) is 0.819. The van der Waals surface area contributed by atoms with E-state index in [-0.39, 0.29) is 18.0 Å². The number of aliphatic hydroxyl groups is 1. The Kier molecular flexibility index (Phi) is 5.14. The Morgan fingerprint density at radius 3 is 3.05 bits per heavy atom. The Bertz CT molecular complexity index is 447. The van der Waals surface area contributed by atoms with Gasteiger partial charge in [-0.2, -0.15) is 0 Å². The maximum Gasteiger partial charge on any atom is 0.222 e. The highest BCUT2D eigenvalue weighted by Gasteiger charge is 2.34. The molecule has 1 aromatic heterocycles. The third-order valence-corrected chi connectivity index (χ3v) is 3.92. The molecular formula is C14H23N3O3. The number of rotatable bonds is 5. The van der Waals surface area contributed by atoms with E-state index in [1.165, 1.54) is 0 Å². The van der Waals surface area contributed by atoms with E-state index in [1.54, 1.807) is 13.3 Å². The lowest BCUT2D eigenvalue weighted by atomic mass is 9.87. The lowest BCUT2D eigenvalue weighted by molar-refractivity contribution is -0.124. The van der Waals surface area contributed by atoms with Crippen LogP contribution in [0, 0.1) is 6.92 Å². The van der Waals surface area contributed by atoms with Crippen molar-refractivity contribution in [3.8, 4) is 0 Å². The van der Waals surface area contributed by atoms with Gasteiger partial charge >= 0.3 is 0 Å². The van der Waals surface area contributed by atoms with E-state index in [0.29, 0.717) is 13.0 Å². The lowest BCUT2D eigenvalue weighted by Crippen LogP contribution is -2.49. The predicted octanol–water partition coefficient (Wildman–Crippen LogP) is 0.799. The summed E-state index contributed by atoms with van der Waals surface area (Å²) < 4.78 is 6.89. The number of amides is 1. The molecular weight excluding hydrogens is 258 g/mol. The van der Waals surface area contributed by atoms with E-state index in [2.05, 4.69) is 10.3 Å². The molecule has 112 valence electrons. The molecule has 2 rings (SSSR count). The molecule has 1 aliphatic rings. The second-order valence-electron chi connectivity index (χ2n) is 5.29. The molecule has 0 aromatic carbocycles. The van der Waals surface area contributed by atoms with Gasteiger partial charge in [-0.25, -0.2) is 4.98 Å².